The highest BCUT2D eigenvalue weighted by Gasteiger charge is 2.44. The number of para-hydroxylation sites is 2. The minimum atomic E-state index is -0.485. The maximum absolute atomic E-state index is 12.9. The summed E-state index contributed by atoms with van der Waals surface area (Å²) in [4.78, 5) is 29.0. The number of likely N-dealkylation sites (N-methyl/N-ethyl adjacent to an activating group) is 1. The first-order valence-corrected chi connectivity index (χ1v) is 8.04. The second-order valence-electron chi connectivity index (χ2n) is 6.18. The van der Waals surface area contributed by atoms with Crippen molar-refractivity contribution < 1.29 is 14.3 Å². The highest BCUT2D eigenvalue weighted by atomic mass is 16.5. The summed E-state index contributed by atoms with van der Waals surface area (Å²) >= 11 is 0. The van der Waals surface area contributed by atoms with Gasteiger partial charge < -0.3 is 14.5 Å². The van der Waals surface area contributed by atoms with E-state index in [2.05, 4.69) is 0 Å². The molecule has 2 aliphatic heterocycles. The molecule has 0 saturated carbocycles. The molecule has 2 amide bonds. The van der Waals surface area contributed by atoms with E-state index in [1.54, 1.807) is 29.0 Å². The van der Waals surface area contributed by atoms with Crippen molar-refractivity contribution in [3.05, 3.63) is 60.2 Å². The van der Waals surface area contributed by atoms with Crippen LogP contribution in [0.25, 0.3) is 0 Å². The number of carbonyl (C=O) groups excluding carboxylic acids is 2. The van der Waals surface area contributed by atoms with Gasteiger partial charge in [0.1, 0.15) is 17.9 Å². The van der Waals surface area contributed by atoms with Gasteiger partial charge in [0, 0.05) is 19.0 Å². The Kier molecular flexibility index (Phi) is 3.49. The van der Waals surface area contributed by atoms with Crippen LogP contribution in [0.5, 0.6) is 5.75 Å². The molecule has 1 saturated heterocycles. The summed E-state index contributed by atoms with van der Waals surface area (Å²) in [5.41, 5.74) is 1.33. The molecule has 5 nitrogen and oxygen atoms in total. The molecule has 24 heavy (non-hydrogen) atoms. The summed E-state index contributed by atoms with van der Waals surface area (Å²) in [7, 11) is 1.73. The van der Waals surface area contributed by atoms with Gasteiger partial charge in [-0.05, 0) is 24.3 Å². The average molecular weight is 322 g/mol. The highest BCUT2D eigenvalue weighted by Crippen LogP contribution is 2.35. The highest BCUT2D eigenvalue weighted by molar-refractivity contribution is 6.03. The van der Waals surface area contributed by atoms with Gasteiger partial charge in [0.05, 0.1) is 12.2 Å². The fourth-order valence-electron chi connectivity index (χ4n) is 3.44. The van der Waals surface area contributed by atoms with Gasteiger partial charge in [-0.15, -0.1) is 0 Å². The van der Waals surface area contributed by atoms with E-state index in [9.17, 15) is 9.59 Å². The Bertz CT molecular complexity index is 790. The molecule has 4 rings (SSSR count). The molecule has 2 aromatic carbocycles. The van der Waals surface area contributed by atoms with Gasteiger partial charge in [0.2, 0.25) is 5.91 Å². The first-order valence-electron chi connectivity index (χ1n) is 8.04. The lowest BCUT2D eigenvalue weighted by atomic mass is 10.1. The number of nitrogens with zero attached hydrogens (tertiary/aromatic N) is 2. The number of anilines is 1. The van der Waals surface area contributed by atoms with E-state index in [0.29, 0.717) is 24.3 Å². The molecule has 2 heterocycles. The molecule has 0 radical (unpaired) electrons. The van der Waals surface area contributed by atoms with Crippen LogP contribution in [0.3, 0.4) is 0 Å². The van der Waals surface area contributed by atoms with Gasteiger partial charge in [-0.2, -0.15) is 0 Å². The molecule has 2 aliphatic rings. The third-order valence-electron chi connectivity index (χ3n) is 4.68. The Balaban J connectivity index is 1.69. The lowest BCUT2D eigenvalue weighted by Gasteiger charge is -2.29. The summed E-state index contributed by atoms with van der Waals surface area (Å²) in [5, 5.41) is 0. The van der Waals surface area contributed by atoms with Gasteiger partial charge in [0.25, 0.3) is 5.91 Å². The Morgan fingerprint density at radius 2 is 1.79 bits per heavy atom. The first-order chi connectivity index (χ1) is 11.6. The zero-order valence-corrected chi connectivity index (χ0v) is 13.4. The SMILES string of the molecule is CN1C(=O)[C@@H]2C[C@@H](CN2C(=O)c2ccccc2)Oc2ccccc21. The van der Waals surface area contributed by atoms with Gasteiger partial charge in [0.15, 0.2) is 0 Å². The minimum Gasteiger partial charge on any atom is -0.486 e. The molecule has 2 aromatic rings. The quantitative estimate of drug-likeness (QED) is 0.810. The fourth-order valence-corrected chi connectivity index (χ4v) is 3.44. The first kappa shape index (κ1) is 14.8. The number of rotatable bonds is 1. The van der Waals surface area contributed by atoms with Crippen molar-refractivity contribution in [3.8, 4) is 5.75 Å². The topological polar surface area (TPSA) is 49.9 Å². The van der Waals surface area contributed by atoms with E-state index < -0.39 is 6.04 Å². The Morgan fingerprint density at radius 3 is 2.58 bits per heavy atom. The van der Waals surface area contributed by atoms with E-state index in [1.807, 2.05) is 42.5 Å². The number of ether oxygens (including phenoxy) is 1. The van der Waals surface area contributed by atoms with Gasteiger partial charge >= 0.3 is 0 Å². The van der Waals surface area contributed by atoms with Crippen molar-refractivity contribution in [1.82, 2.24) is 4.90 Å². The molecule has 0 N–H and O–H groups in total. The third kappa shape index (κ3) is 2.33. The Morgan fingerprint density at radius 1 is 1.08 bits per heavy atom. The number of carbonyl (C=O) groups is 2. The van der Waals surface area contributed by atoms with Crippen LogP contribution < -0.4 is 9.64 Å². The van der Waals surface area contributed by atoms with Crippen molar-refractivity contribution in [3.63, 3.8) is 0 Å². The Labute approximate surface area is 140 Å². The molecule has 0 aromatic heterocycles. The molecule has 2 bridgehead atoms. The molecular formula is C19H18N2O3. The number of likely N-dealkylation sites (tertiary alicyclic amines) is 1. The number of hydrogen-bond donors (Lipinski definition) is 0. The molecule has 122 valence electrons. The van der Waals surface area contributed by atoms with Crippen LogP contribution in [0.15, 0.2) is 54.6 Å². The normalized spacial score (nSPS) is 22.5. The van der Waals surface area contributed by atoms with Crippen LogP contribution in [0, 0.1) is 0 Å². The van der Waals surface area contributed by atoms with E-state index >= 15 is 0 Å². The van der Waals surface area contributed by atoms with Crippen molar-refractivity contribution in [1.29, 1.82) is 0 Å². The van der Waals surface area contributed by atoms with Gasteiger partial charge in [-0.1, -0.05) is 30.3 Å². The van der Waals surface area contributed by atoms with Gasteiger partial charge in [-0.25, -0.2) is 0 Å². The molecule has 1 fully saturated rings. The summed E-state index contributed by atoms with van der Waals surface area (Å²) in [6.45, 7) is 0.423. The van der Waals surface area contributed by atoms with E-state index in [1.165, 1.54) is 0 Å². The monoisotopic (exact) mass is 322 g/mol. The standard InChI is InChI=1S/C19H18N2O3/c1-20-15-9-5-6-10-17(15)24-14-11-16(19(20)23)21(12-14)18(22)13-7-3-2-4-8-13/h2-10,14,16H,11-12H2,1H3/t14-,16-/m0/s1. The summed E-state index contributed by atoms with van der Waals surface area (Å²) in [6.07, 6.45) is 0.359. The van der Waals surface area contributed by atoms with Crippen molar-refractivity contribution in [2.24, 2.45) is 0 Å². The molecule has 0 unspecified atom stereocenters. The number of amides is 2. The molecular weight excluding hydrogens is 304 g/mol. The molecule has 2 atom stereocenters. The second-order valence-corrected chi connectivity index (χ2v) is 6.18. The average Bonchev–Trinajstić information content (AvgIpc) is 3.05. The molecule has 5 heteroatoms. The Hall–Kier alpha value is -2.82. The van der Waals surface area contributed by atoms with Crippen LogP contribution in [0.2, 0.25) is 0 Å². The lowest BCUT2D eigenvalue weighted by Crippen LogP contribution is -2.46. The van der Waals surface area contributed by atoms with Gasteiger partial charge in [-0.3, -0.25) is 9.59 Å². The zero-order chi connectivity index (χ0) is 16.7. The van der Waals surface area contributed by atoms with Crippen LogP contribution in [-0.4, -0.2) is 42.5 Å². The predicted molar refractivity (Wildman–Crippen MR) is 90.2 cm³/mol. The third-order valence-corrected chi connectivity index (χ3v) is 4.68. The number of benzene rings is 2. The second kappa shape index (κ2) is 5.67. The van der Waals surface area contributed by atoms with Crippen LogP contribution >= 0.6 is 0 Å². The lowest BCUT2D eigenvalue weighted by molar-refractivity contribution is -0.122. The van der Waals surface area contributed by atoms with Crippen LogP contribution in [0.4, 0.5) is 5.69 Å². The van der Waals surface area contributed by atoms with E-state index in [4.69, 9.17) is 4.74 Å². The number of fused-ring (bicyclic) bond motifs is 3. The summed E-state index contributed by atoms with van der Waals surface area (Å²) < 4.78 is 6.07. The van der Waals surface area contributed by atoms with Crippen molar-refractivity contribution >= 4 is 17.5 Å². The van der Waals surface area contributed by atoms with Crippen molar-refractivity contribution in [2.75, 3.05) is 18.5 Å². The molecule has 0 aliphatic carbocycles. The maximum atomic E-state index is 12.9. The smallest absolute Gasteiger partial charge is 0.254 e. The van der Waals surface area contributed by atoms with Crippen LogP contribution in [0.1, 0.15) is 16.8 Å². The molecule has 0 spiro atoms. The zero-order valence-electron chi connectivity index (χ0n) is 13.4. The summed E-state index contributed by atoms with van der Waals surface area (Å²) in [6, 6.07) is 16.1. The minimum absolute atomic E-state index is 0.0717. The fraction of sp³-hybridized carbons (Fsp3) is 0.263. The maximum Gasteiger partial charge on any atom is 0.254 e. The predicted octanol–water partition coefficient (Wildman–Crippen LogP) is 2.33. The largest absolute Gasteiger partial charge is 0.486 e. The number of hydrogen-bond acceptors (Lipinski definition) is 3. The van der Waals surface area contributed by atoms with E-state index in [0.717, 1.165) is 5.69 Å². The van der Waals surface area contributed by atoms with E-state index in [-0.39, 0.29) is 17.9 Å². The summed E-state index contributed by atoms with van der Waals surface area (Å²) in [5.74, 6) is 0.489. The van der Waals surface area contributed by atoms with Crippen LogP contribution in [-0.2, 0) is 4.79 Å². The van der Waals surface area contributed by atoms with Crippen molar-refractivity contribution in [2.45, 2.75) is 18.6 Å².